The van der Waals surface area contributed by atoms with Gasteiger partial charge in [-0.15, -0.1) is 12.1 Å². The summed E-state index contributed by atoms with van der Waals surface area (Å²) in [5.74, 6) is 0.727. The summed E-state index contributed by atoms with van der Waals surface area (Å²) in [6.45, 7) is 5.75. The van der Waals surface area contributed by atoms with E-state index in [2.05, 4.69) is 12.7 Å². The zero-order valence-corrected chi connectivity index (χ0v) is 15.7. The van der Waals surface area contributed by atoms with Crippen LogP contribution < -0.4 is 4.74 Å². The van der Waals surface area contributed by atoms with E-state index in [4.69, 9.17) is 16.3 Å². The van der Waals surface area contributed by atoms with Crippen molar-refractivity contribution in [3.8, 4) is 5.75 Å². The van der Waals surface area contributed by atoms with Gasteiger partial charge >= 0.3 is 0 Å². The molecule has 1 aromatic rings. The Bertz CT molecular complexity index is 584. The minimum atomic E-state index is -2.50. The Morgan fingerprint density at radius 3 is 2.50 bits per heavy atom. The van der Waals surface area contributed by atoms with Crippen LogP contribution in [-0.4, -0.2) is 24.5 Å². The first kappa shape index (κ1) is 19.3. The van der Waals surface area contributed by atoms with Crippen molar-refractivity contribution < 1.29 is 46.2 Å². The molecule has 0 amide bonds. The normalized spacial score (nSPS) is 14.4. The second kappa shape index (κ2) is 8.80. The maximum atomic E-state index is 12.8. The molecule has 1 aliphatic heterocycles. The van der Waals surface area contributed by atoms with Gasteiger partial charge in [-0.25, -0.2) is 8.78 Å². The SMILES string of the molecule is C=C1C(Cl)=C[C-]=C(c2ccc(OCC)cc2)N1CC(F)F.[Y]. The molecule has 1 aromatic carbocycles. The fourth-order valence-corrected chi connectivity index (χ4v) is 2.17. The number of halogens is 3. The first-order chi connectivity index (χ1) is 10.0. The molecule has 0 N–H and O–H groups in total. The van der Waals surface area contributed by atoms with Gasteiger partial charge in [0.2, 0.25) is 0 Å². The van der Waals surface area contributed by atoms with Crippen LogP contribution in [0.15, 0.2) is 47.6 Å². The molecule has 115 valence electrons. The van der Waals surface area contributed by atoms with E-state index >= 15 is 0 Å². The summed E-state index contributed by atoms with van der Waals surface area (Å²) in [7, 11) is 0. The van der Waals surface area contributed by atoms with Gasteiger partial charge in [0.05, 0.1) is 13.2 Å². The molecule has 1 aliphatic rings. The van der Waals surface area contributed by atoms with Crippen LogP contribution in [0.25, 0.3) is 5.70 Å². The fraction of sp³-hybridized carbons (Fsp3) is 0.250. The minimum Gasteiger partial charge on any atom is -0.494 e. The van der Waals surface area contributed by atoms with Crippen molar-refractivity contribution in [2.45, 2.75) is 13.3 Å². The van der Waals surface area contributed by atoms with E-state index in [1.165, 1.54) is 11.0 Å². The number of allylic oxidation sites excluding steroid dienone is 3. The zero-order chi connectivity index (χ0) is 15.4. The molecule has 0 bridgehead atoms. The van der Waals surface area contributed by atoms with Gasteiger partial charge in [-0.05, 0) is 29.8 Å². The van der Waals surface area contributed by atoms with Crippen molar-refractivity contribution >= 4 is 17.3 Å². The Kier molecular flexibility index (Phi) is 7.74. The van der Waals surface area contributed by atoms with Crippen molar-refractivity contribution in [1.82, 2.24) is 4.90 Å². The molecular weight excluding hydrogens is 385 g/mol. The molecule has 1 radical (unpaired) electrons. The Hall–Kier alpha value is -0.706. The number of nitrogens with zero attached hydrogens (tertiary/aromatic N) is 1. The molecule has 0 fully saturated rings. The molecule has 0 unspecified atom stereocenters. The van der Waals surface area contributed by atoms with E-state index in [1.807, 2.05) is 6.92 Å². The van der Waals surface area contributed by atoms with E-state index in [1.54, 1.807) is 24.3 Å². The maximum absolute atomic E-state index is 12.8. The smallest absolute Gasteiger partial charge is 0.256 e. The largest absolute Gasteiger partial charge is 0.494 e. The van der Waals surface area contributed by atoms with Gasteiger partial charge in [0.1, 0.15) is 5.75 Å². The Balaban J connectivity index is 0.00000242. The van der Waals surface area contributed by atoms with E-state index in [9.17, 15) is 8.78 Å². The number of alkyl halides is 2. The first-order valence-corrected chi connectivity index (χ1v) is 6.88. The van der Waals surface area contributed by atoms with Crippen molar-refractivity contribution in [3.63, 3.8) is 0 Å². The Labute approximate surface area is 159 Å². The van der Waals surface area contributed by atoms with Crippen LogP contribution in [0.5, 0.6) is 5.75 Å². The van der Waals surface area contributed by atoms with Crippen LogP contribution in [0, 0.1) is 6.08 Å². The second-order valence-electron chi connectivity index (χ2n) is 4.39. The fourth-order valence-electron chi connectivity index (χ4n) is 2.01. The predicted molar refractivity (Wildman–Crippen MR) is 80.0 cm³/mol. The van der Waals surface area contributed by atoms with Gasteiger partial charge in [0, 0.05) is 32.7 Å². The van der Waals surface area contributed by atoms with Crippen molar-refractivity contribution in [3.05, 3.63) is 59.3 Å². The third-order valence-electron chi connectivity index (χ3n) is 2.97. The quantitative estimate of drug-likeness (QED) is 0.679. The molecule has 0 saturated heterocycles. The van der Waals surface area contributed by atoms with Crippen LogP contribution >= 0.6 is 11.6 Å². The molecule has 0 atom stereocenters. The van der Waals surface area contributed by atoms with E-state index < -0.39 is 13.0 Å². The molecular formula is C16H15ClF2NOY-. The molecule has 0 aromatic heterocycles. The molecule has 6 heteroatoms. The maximum Gasteiger partial charge on any atom is 0.256 e. The van der Waals surface area contributed by atoms with Crippen LogP contribution in [0.4, 0.5) is 8.78 Å². The van der Waals surface area contributed by atoms with E-state index in [0.29, 0.717) is 23.0 Å². The van der Waals surface area contributed by atoms with Crippen molar-refractivity contribution in [2.75, 3.05) is 13.2 Å². The Morgan fingerprint density at radius 1 is 1.32 bits per heavy atom. The van der Waals surface area contributed by atoms with Gasteiger partial charge in [-0.1, -0.05) is 17.8 Å². The third-order valence-corrected chi connectivity index (χ3v) is 3.29. The molecule has 0 saturated carbocycles. The van der Waals surface area contributed by atoms with Crippen LogP contribution in [0.2, 0.25) is 0 Å². The summed E-state index contributed by atoms with van der Waals surface area (Å²) in [6, 6.07) is 7.17. The summed E-state index contributed by atoms with van der Waals surface area (Å²) >= 11 is 5.94. The van der Waals surface area contributed by atoms with Gasteiger partial charge in [-0.2, -0.15) is 23.8 Å². The molecule has 1 heterocycles. The molecule has 2 nitrogen and oxygen atoms in total. The standard InChI is InChI=1S/C16H15ClF2NO.Y/c1-3-21-13-6-4-12(5-7-13)15-9-8-14(17)11(2)20(15)10-16(18)19;/h4-8,16H,2-3,10H2,1H3;/q-1;. The number of ether oxygens (including phenoxy) is 1. The first-order valence-electron chi connectivity index (χ1n) is 6.50. The molecule has 2 rings (SSSR count). The third kappa shape index (κ3) is 4.64. The van der Waals surface area contributed by atoms with Gasteiger partial charge in [0.25, 0.3) is 6.43 Å². The van der Waals surface area contributed by atoms with Gasteiger partial charge in [-0.3, -0.25) is 0 Å². The minimum absolute atomic E-state index is 0. The second-order valence-corrected chi connectivity index (χ2v) is 4.80. The van der Waals surface area contributed by atoms with Crippen LogP contribution in [-0.2, 0) is 32.7 Å². The summed E-state index contributed by atoms with van der Waals surface area (Å²) in [6.07, 6.45) is 1.98. The summed E-state index contributed by atoms with van der Waals surface area (Å²) < 4.78 is 30.9. The van der Waals surface area contributed by atoms with Crippen LogP contribution in [0.1, 0.15) is 12.5 Å². The summed E-state index contributed by atoms with van der Waals surface area (Å²) in [4.78, 5) is 1.38. The number of hydrogen-bond donors (Lipinski definition) is 0. The number of rotatable bonds is 5. The van der Waals surface area contributed by atoms with Crippen LogP contribution in [0.3, 0.4) is 0 Å². The van der Waals surface area contributed by atoms with Gasteiger partial charge < -0.3 is 9.64 Å². The van der Waals surface area contributed by atoms with E-state index in [-0.39, 0.29) is 32.7 Å². The van der Waals surface area contributed by atoms with Gasteiger partial charge in [0.15, 0.2) is 0 Å². The summed E-state index contributed by atoms with van der Waals surface area (Å²) in [5.41, 5.74) is 1.62. The summed E-state index contributed by atoms with van der Waals surface area (Å²) in [5, 5.41) is 0.310. The zero-order valence-electron chi connectivity index (χ0n) is 12.2. The topological polar surface area (TPSA) is 12.5 Å². The molecule has 0 aliphatic carbocycles. The number of hydrogen-bond acceptors (Lipinski definition) is 2. The van der Waals surface area contributed by atoms with E-state index in [0.717, 1.165) is 11.3 Å². The average molecular weight is 400 g/mol. The van der Waals surface area contributed by atoms with Crippen molar-refractivity contribution in [1.29, 1.82) is 0 Å². The number of benzene rings is 1. The van der Waals surface area contributed by atoms with Crippen molar-refractivity contribution in [2.24, 2.45) is 0 Å². The molecule has 0 spiro atoms. The monoisotopic (exact) mass is 399 g/mol. The average Bonchev–Trinajstić information content (AvgIpc) is 2.45. The molecule has 22 heavy (non-hydrogen) atoms. The predicted octanol–water partition coefficient (Wildman–Crippen LogP) is 4.44. The Morgan fingerprint density at radius 2 is 1.95 bits per heavy atom.